The maximum absolute atomic E-state index is 12.2. The van der Waals surface area contributed by atoms with Gasteiger partial charge in [-0.2, -0.15) is 0 Å². The van der Waals surface area contributed by atoms with Crippen LogP contribution in [0, 0.1) is 11.8 Å². The van der Waals surface area contributed by atoms with E-state index in [-0.39, 0.29) is 11.9 Å². The Morgan fingerprint density at radius 1 is 1.12 bits per heavy atom. The summed E-state index contributed by atoms with van der Waals surface area (Å²) in [4.78, 5) is 26.0. The molecule has 2 fully saturated rings. The molecule has 0 spiro atoms. The topological polar surface area (TPSA) is 58.6 Å². The van der Waals surface area contributed by atoms with Gasteiger partial charge in [-0.25, -0.2) is 4.79 Å². The van der Waals surface area contributed by atoms with Crippen LogP contribution in [0.15, 0.2) is 24.3 Å². The molecule has 0 unspecified atom stereocenters. The lowest BCUT2D eigenvalue weighted by atomic mass is 9.75. The first-order chi connectivity index (χ1) is 12.2. The predicted octanol–water partition coefficient (Wildman–Crippen LogP) is 2.60. The van der Waals surface area contributed by atoms with Gasteiger partial charge in [0.1, 0.15) is 0 Å². The fourth-order valence-corrected chi connectivity index (χ4v) is 4.16. The van der Waals surface area contributed by atoms with Crippen LogP contribution >= 0.6 is 0 Å². The summed E-state index contributed by atoms with van der Waals surface area (Å²) >= 11 is 0. The minimum atomic E-state index is -0.346. The standard InChI is InChI=1S/C20H28N2O3/c1-25-20(24)17-8-6-15(7-9-17)12-21-19(23)14-22-11-10-16-4-2-3-5-18(16)13-22/h6-9,16,18H,2-5,10-14H2,1H3,(H,21,23)/t16-,18+/m1/s1. The van der Waals surface area contributed by atoms with Crippen molar-refractivity contribution in [3.8, 4) is 0 Å². The second-order valence-electron chi connectivity index (χ2n) is 7.29. The highest BCUT2D eigenvalue weighted by molar-refractivity contribution is 5.89. The quantitative estimate of drug-likeness (QED) is 0.834. The Hall–Kier alpha value is -1.88. The number of methoxy groups -OCH3 is 1. The molecule has 136 valence electrons. The lowest BCUT2D eigenvalue weighted by molar-refractivity contribution is -0.123. The Balaban J connectivity index is 1.43. The molecule has 0 radical (unpaired) electrons. The zero-order valence-corrected chi connectivity index (χ0v) is 15.0. The predicted molar refractivity (Wildman–Crippen MR) is 96.1 cm³/mol. The van der Waals surface area contributed by atoms with Gasteiger partial charge >= 0.3 is 5.97 Å². The summed E-state index contributed by atoms with van der Waals surface area (Å²) in [6.45, 7) is 3.10. The van der Waals surface area contributed by atoms with E-state index in [1.807, 2.05) is 12.1 Å². The molecule has 2 atom stereocenters. The first-order valence-corrected chi connectivity index (χ1v) is 9.32. The van der Waals surface area contributed by atoms with Gasteiger partial charge in [0.05, 0.1) is 19.2 Å². The Morgan fingerprint density at radius 3 is 2.56 bits per heavy atom. The SMILES string of the molecule is COC(=O)c1ccc(CNC(=O)CN2CC[C@H]3CCCC[C@H]3C2)cc1. The number of nitrogens with zero attached hydrogens (tertiary/aromatic N) is 1. The van der Waals surface area contributed by atoms with Crippen LogP contribution in [0.2, 0.25) is 0 Å². The first kappa shape index (κ1) is 17.9. The number of benzene rings is 1. The summed E-state index contributed by atoms with van der Waals surface area (Å²) < 4.78 is 4.68. The van der Waals surface area contributed by atoms with Gasteiger partial charge in [-0.05, 0) is 48.9 Å². The molecule has 1 amide bonds. The van der Waals surface area contributed by atoms with Gasteiger partial charge in [0, 0.05) is 13.1 Å². The molecule has 0 bridgehead atoms. The summed E-state index contributed by atoms with van der Waals surface area (Å²) in [5.74, 6) is 1.41. The zero-order chi connectivity index (χ0) is 17.6. The number of nitrogens with one attached hydrogen (secondary N) is 1. The summed E-state index contributed by atoms with van der Waals surface area (Å²) in [6.07, 6.45) is 6.69. The number of piperidine rings is 1. The molecule has 1 aliphatic carbocycles. The molecule has 0 aromatic heterocycles. The second-order valence-corrected chi connectivity index (χ2v) is 7.29. The van der Waals surface area contributed by atoms with Crippen molar-refractivity contribution < 1.29 is 14.3 Å². The van der Waals surface area contributed by atoms with Crippen LogP contribution in [-0.2, 0) is 16.1 Å². The van der Waals surface area contributed by atoms with Crippen LogP contribution in [0.4, 0.5) is 0 Å². The fourth-order valence-electron chi connectivity index (χ4n) is 4.16. The van der Waals surface area contributed by atoms with Crippen LogP contribution in [0.5, 0.6) is 0 Å². The third-order valence-corrected chi connectivity index (χ3v) is 5.61. The summed E-state index contributed by atoms with van der Waals surface area (Å²) in [7, 11) is 1.37. The smallest absolute Gasteiger partial charge is 0.337 e. The third kappa shape index (κ3) is 4.82. The number of ether oxygens (including phenoxy) is 1. The fraction of sp³-hybridized carbons (Fsp3) is 0.600. The van der Waals surface area contributed by atoms with E-state index in [1.54, 1.807) is 12.1 Å². The van der Waals surface area contributed by atoms with Crippen molar-refractivity contribution in [2.24, 2.45) is 11.8 Å². The Labute approximate surface area is 149 Å². The number of carbonyl (C=O) groups is 2. The number of hydrogen-bond acceptors (Lipinski definition) is 4. The number of hydrogen-bond donors (Lipinski definition) is 1. The number of fused-ring (bicyclic) bond motifs is 1. The average molecular weight is 344 g/mol. The van der Waals surface area contributed by atoms with E-state index in [0.717, 1.165) is 30.5 Å². The summed E-state index contributed by atoms with van der Waals surface area (Å²) in [6, 6.07) is 7.14. The molecule has 25 heavy (non-hydrogen) atoms. The van der Waals surface area contributed by atoms with E-state index in [0.29, 0.717) is 18.7 Å². The molecular weight excluding hydrogens is 316 g/mol. The third-order valence-electron chi connectivity index (χ3n) is 5.61. The second kappa shape index (κ2) is 8.48. The molecule has 5 heteroatoms. The van der Waals surface area contributed by atoms with Crippen molar-refractivity contribution in [1.29, 1.82) is 0 Å². The number of likely N-dealkylation sites (tertiary alicyclic amines) is 1. The van der Waals surface area contributed by atoms with E-state index in [2.05, 4.69) is 15.0 Å². The van der Waals surface area contributed by atoms with Gasteiger partial charge in [0.2, 0.25) is 5.91 Å². The first-order valence-electron chi connectivity index (χ1n) is 9.32. The molecule has 1 aromatic carbocycles. The molecule has 2 aliphatic rings. The average Bonchev–Trinajstić information content (AvgIpc) is 2.66. The Morgan fingerprint density at radius 2 is 1.84 bits per heavy atom. The summed E-state index contributed by atoms with van der Waals surface area (Å²) in [5.41, 5.74) is 1.50. The van der Waals surface area contributed by atoms with Gasteiger partial charge in [-0.1, -0.05) is 31.4 Å². The minimum Gasteiger partial charge on any atom is -0.465 e. The lowest BCUT2D eigenvalue weighted by Gasteiger charge is -2.41. The van der Waals surface area contributed by atoms with Crippen molar-refractivity contribution in [2.75, 3.05) is 26.7 Å². The van der Waals surface area contributed by atoms with Crippen molar-refractivity contribution in [3.05, 3.63) is 35.4 Å². The van der Waals surface area contributed by atoms with Crippen LogP contribution in [0.3, 0.4) is 0 Å². The van der Waals surface area contributed by atoms with Gasteiger partial charge in [0.25, 0.3) is 0 Å². The van der Waals surface area contributed by atoms with Gasteiger partial charge in [-0.3, -0.25) is 9.69 Å². The molecule has 1 aromatic rings. The van der Waals surface area contributed by atoms with E-state index in [4.69, 9.17) is 0 Å². The maximum Gasteiger partial charge on any atom is 0.337 e. The minimum absolute atomic E-state index is 0.0753. The van der Waals surface area contributed by atoms with E-state index in [9.17, 15) is 9.59 Å². The maximum atomic E-state index is 12.2. The molecule has 1 saturated carbocycles. The summed E-state index contributed by atoms with van der Waals surface area (Å²) in [5, 5.41) is 2.98. The number of amides is 1. The van der Waals surface area contributed by atoms with Crippen molar-refractivity contribution in [2.45, 2.75) is 38.6 Å². The van der Waals surface area contributed by atoms with Crippen molar-refractivity contribution in [1.82, 2.24) is 10.2 Å². The van der Waals surface area contributed by atoms with E-state index in [1.165, 1.54) is 39.2 Å². The van der Waals surface area contributed by atoms with Gasteiger partial charge in [0.15, 0.2) is 0 Å². The van der Waals surface area contributed by atoms with Crippen LogP contribution in [-0.4, -0.2) is 43.5 Å². The largest absolute Gasteiger partial charge is 0.465 e. The van der Waals surface area contributed by atoms with Crippen molar-refractivity contribution in [3.63, 3.8) is 0 Å². The van der Waals surface area contributed by atoms with E-state index >= 15 is 0 Å². The molecular formula is C20H28N2O3. The van der Waals surface area contributed by atoms with Crippen molar-refractivity contribution >= 4 is 11.9 Å². The Kier molecular flexibility index (Phi) is 6.08. The molecule has 5 nitrogen and oxygen atoms in total. The molecule has 1 saturated heterocycles. The van der Waals surface area contributed by atoms with Gasteiger partial charge in [-0.15, -0.1) is 0 Å². The highest BCUT2D eigenvalue weighted by Crippen LogP contribution is 2.35. The number of rotatable bonds is 5. The zero-order valence-electron chi connectivity index (χ0n) is 15.0. The number of carbonyl (C=O) groups excluding carboxylic acids is 2. The highest BCUT2D eigenvalue weighted by atomic mass is 16.5. The molecule has 1 heterocycles. The number of esters is 1. The monoisotopic (exact) mass is 344 g/mol. The normalized spacial score (nSPS) is 23.6. The van der Waals surface area contributed by atoms with Gasteiger partial charge < -0.3 is 10.1 Å². The highest BCUT2D eigenvalue weighted by Gasteiger charge is 2.31. The molecule has 3 rings (SSSR count). The Bertz CT molecular complexity index is 599. The van der Waals surface area contributed by atoms with Crippen LogP contribution in [0.1, 0.15) is 48.0 Å². The van der Waals surface area contributed by atoms with Crippen LogP contribution in [0.25, 0.3) is 0 Å². The van der Waals surface area contributed by atoms with Crippen LogP contribution < -0.4 is 5.32 Å². The van der Waals surface area contributed by atoms with E-state index < -0.39 is 0 Å². The lowest BCUT2D eigenvalue weighted by Crippen LogP contribution is -2.46. The molecule has 1 aliphatic heterocycles. The molecule has 1 N–H and O–H groups in total.